The summed E-state index contributed by atoms with van der Waals surface area (Å²) in [4.78, 5) is 37.9. The standard InChI is InChI=1S/C36H60O7/c1-22(18-30(38)42-33(2,3)4)27-12-13-28-26-11-10-24-20-25(14-16-35(24,8)29(26)15-17-36(27,28)9)41-32(40)23(21-37)19-31(39)43-34(5,6)7/h22-29,37H,10-21H2,1-9H3/t22-,23+,24?,25-,26?,27?,28?,29?,35+,36-/m1/s1. The van der Waals surface area contributed by atoms with Gasteiger partial charge < -0.3 is 19.3 Å². The SMILES string of the molecule is C[C@H](CC(=O)OC(C)(C)C)C1CCC2C3CCC4C[C@H](OC(=O)[C@H](CO)CC(=O)OC(C)(C)C)CC[C@]4(C)C3CC[C@@]21C. The number of rotatable bonds is 8. The van der Waals surface area contributed by atoms with Crippen molar-refractivity contribution < 1.29 is 33.7 Å². The second kappa shape index (κ2) is 12.6. The summed E-state index contributed by atoms with van der Waals surface area (Å²) in [6, 6.07) is 0. The van der Waals surface area contributed by atoms with E-state index in [1.54, 1.807) is 20.8 Å². The van der Waals surface area contributed by atoms with Crippen molar-refractivity contribution in [3.05, 3.63) is 0 Å². The number of carbonyl (C=O) groups excluding carboxylic acids is 3. The molecule has 0 aliphatic heterocycles. The average molecular weight is 605 g/mol. The van der Waals surface area contributed by atoms with Gasteiger partial charge in [-0.05, 0) is 146 Å². The smallest absolute Gasteiger partial charge is 0.312 e. The summed E-state index contributed by atoms with van der Waals surface area (Å²) >= 11 is 0. The molecule has 7 heteroatoms. The van der Waals surface area contributed by atoms with Crippen molar-refractivity contribution in [2.45, 2.75) is 150 Å². The van der Waals surface area contributed by atoms with E-state index in [2.05, 4.69) is 20.8 Å². The third-order valence-corrected chi connectivity index (χ3v) is 12.0. The molecule has 0 aromatic rings. The van der Waals surface area contributed by atoms with Crippen molar-refractivity contribution >= 4 is 17.9 Å². The molecule has 0 spiro atoms. The van der Waals surface area contributed by atoms with Gasteiger partial charge in [-0.15, -0.1) is 0 Å². The van der Waals surface area contributed by atoms with Gasteiger partial charge in [0.2, 0.25) is 0 Å². The highest BCUT2D eigenvalue weighted by atomic mass is 16.6. The van der Waals surface area contributed by atoms with E-state index in [9.17, 15) is 19.5 Å². The van der Waals surface area contributed by atoms with Gasteiger partial charge in [0, 0.05) is 6.42 Å². The molecule has 4 aliphatic carbocycles. The molecule has 0 heterocycles. The van der Waals surface area contributed by atoms with Crippen LogP contribution in [-0.4, -0.2) is 46.9 Å². The fraction of sp³-hybridized carbons (Fsp3) is 0.917. The van der Waals surface area contributed by atoms with Gasteiger partial charge in [0.25, 0.3) is 0 Å². The molecule has 4 aliphatic rings. The summed E-state index contributed by atoms with van der Waals surface area (Å²) in [5, 5.41) is 9.84. The van der Waals surface area contributed by atoms with Crippen LogP contribution in [0.2, 0.25) is 0 Å². The number of aliphatic hydroxyl groups is 1. The van der Waals surface area contributed by atoms with Crippen molar-refractivity contribution in [2.75, 3.05) is 6.61 Å². The Morgan fingerprint density at radius 1 is 0.791 bits per heavy atom. The monoisotopic (exact) mass is 604 g/mol. The largest absolute Gasteiger partial charge is 0.462 e. The quantitative estimate of drug-likeness (QED) is 0.230. The van der Waals surface area contributed by atoms with Crippen LogP contribution in [0.25, 0.3) is 0 Å². The molecule has 4 saturated carbocycles. The normalized spacial score (nSPS) is 37.3. The minimum atomic E-state index is -0.886. The Balaban J connectivity index is 1.35. The number of hydrogen-bond acceptors (Lipinski definition) is 7. The van der Waals surface area contributed by atoms with Gasteiger partial charge in [-0.3, -0.25) is 14.4 Å². The van der Waals surface area contributed by atoms with Crippen LogP contribution in [0.1, 0.15) is 133 Å². The minimum absolute atomic E-state index is 0.0682. The molecule has 0 aromatic carbocycles. The summed E-state index contributed by atoms with van der Waals surface area (Å²) in [6.45, 7) is 18.1. The summed E-state index contributed by atoms with van der Waals surface area (Å²) in [5.41, 5.74) is -0.544. The maximum Gasteiger partial charge on any atom is 0.312 e. The van der Waals surface area contributed by atoms with Gasteiger partial charge in [-0.1, -0.05) is 20.8 Å². The first kappa shape index (κ1) is 34.2. The zero-order valence-corrected chi connectivity index (χ0v) is 28.5. The Bertz CT molecular complexity index is 1020. The Kier molecular flexibility index (Phi) is 10.1. The van der Waals surface area contributed by atoms with Crippen LogP contribution in [0.3, 0.4) is 0 Å². The molecule has 4 rings (SSSR count). The van der Waals surface area contributed by atoms with Crippen molar-refractivity contribution in [2.24, 2.45) is 52.3 Å². The van der Waals surface area contributed by atoms with Crippen LogP contribution >= 0.6 is 0 Å². The second-order valence-electron chi connectivity index (χ2n) is 17.2. The highest BCUT2D eigenvalue weighted by Gasteiger charge is 2.61. The van der Waals surface area contributed by atoms with E-state index in [0.717, 1.165) is 31.6 Å². The van der Waals surface area contributed by atoms with Crippen LogP contribution in [0.5, 0.6) is 0 Å². The molecule has 10 atom stereocenters. The number of hydrogen-bond donors (Lipinski definition) is 1. The zero-order chi connectivity index (χ0) is 32.0. The lowest BCUT2D eigenvalue weighted by Crippen LogP contribution is -2.54. The van der Waals surface area contributed by atoms with Gasteiger partial charge >= 0.3 is 17.9 Å². The third kappa shape index (κ3) is 7.61. The molecule has 0 radical (unpaired) electrons. The van der Waals surface area contributed by atoms with Gasteiger partial charge in [0.05, 0.1) is 18.9 Å². The first-order chi connectivity index (χ1) is 19.9. The van der Waals surface area contributed by atoms with Crippen LogP contribution in [0, 0.1) is 52.3 Å². The third-order valence-electron chi connectivity index (χ3n) is 12.0. The maximum atomic E-state index is 13.0. The molecule has 43 heavy (non-hydrogen) atoms. The Hall–Kier alpha value is -1.63. The highest BCUT2D eigenvalue weighted by Crippen LogP contribution is 2.68. The molecule has 0 bridgehead atoms. The number of fused-ring (bicyclic) bond motifs is 5. The fourth-order valence-electron chi connectivity index (χ4n) is 10.2. The summed E-state index contributed by atoms with van der Waals surface area (Å²) in [5.74, 6) is 1.61. The Morgan fingerprint density at radius 3 is 1.98 bits per heavy atom. The van der Waals surface area contributed by atoms with Crippen LogP contribution in [0.15, 0.2) is 0 Å². The van der Waals surface area contributed by atoms with Gasteiger partial charge in [0.15, 0.2) is 0 Å². The van der Waals surface area contributed by atoms with E-state index < -0.39 is 35.7 Å². The van der Waals surface area contributed by atoms with Crippen molar-refractivity contribution in [1.82, 2.24) is 0 Å². The van der Waals surface area contributed by atoms with E-state index in [0.29, 0.717) is 36.0 Å². The molecule has 4 fully saturated rings. The van der Waals surface area contributed by atoms with E-state index >= 15 is 0 Å². The number of aliphatic hydroxyl groups excluding tert-OH is 1. The zero-order valence-electron chi connectivity index (χ0n) is 28.5. The average Bonchev–Trinajstić information content (AvgIpc) is 3.22. The molecular weight excluding hydrogens is 544 g/mol. The van der Waals surface area contributed by atoms with Crippen molar-refractivity contribution in [3.8, 4) is 0 Å². The Morgan fingerprint density at radius 2 is 1.37 bits per heavy atom. The minimum Gasteiger partial charge on any atom is -0.462 e. The molecule has 0 amide bonds. The van der Waals surface area contributed by atoms with Gasteiger partial charge in [-0.25, -0.2) is 0 Å². The van der Waals surface area contributed by atoms with Gasteiger partial charge in [-0.2, -0.15) is 0 Å². The molecule has 0 aromatic heterocycles. The first-order valence-corrected chi connectivity index (χ1v) is 17.1. The number of esters is 3. The summed E-state index contributed by atoms with van der Waals surface area (Å²) in [6.07, 6.45) is 10.3. The van der Waals surface area contributed by atoms with E-state index in [4.69, 9.17) is 14.2 Å². The number of carbonyl (C=O) groups is 3. The van der Waals surface area contributed by atoms with Crippen LogP contribution in [-0.2, 0) is 28.6 Å². The molecule has 0 saturated heterocycles. The highest BCUT2D eigenvalue weighted by molar-refractivity contribution is 5.80. The van der Waals surface area contributed by atoms with E-state index in [1.807, 2.05) is 20.8 Å². The second-order valence-corrected chi connectivity index (χ2v) is 17.2. The van der Waals surface area contributed by atoms with Gasteiger partial charge in [0.1, 0.15) is 17.3 Å². The molecule has 246 valence electrons. The lowest BCUT2D eigenvalue weighted by molar-refractivity contribution is -0.172. The Labute approximate surface area is 260 Å². The predicted molar refractivity (Wildman–Crippen MR) is 166 cm³/mol. The topological polar surface area (TPSA) is 99.1 Å². The number of ether oxygens (including phenoxy) is 3. The van der Waals surface area contributed by atoms with Crippen molar-refractivity contribution in [1.29, 1.82) is 0 Å². The first-order valence-electron chi connectivity index (χ1n) is 17.1. The van der Waals surface area contributed by atoms with Crippen LogP contribution in [0.4, 0.5) is 0 Å². The lowest BCUT2D eigenvalue weighted by atomic mass is 9.44. The summed E-state index contributed by atoms with van der Waals surface area (Å²) < 4.78 is 17.0. The molecule has 7 nitrogen and oxygen atoms in total. The van der Waals surface area contributed by atoms with Crippen LogP contribution < -0.4 is 0 Å². The van der Waals surface area contributed by atoms with Crippen molar-refractivity contribution in [3.63, 3.8) is 0 Å². The fourth-order valence-corrected chi connectivity index (χ4v) is 10.2. The molecule has 5 unspecified atom stereocenters. The van der Waals surface area contributed by atoms with E-state index in [1.165, 1.54) is 32.1 Å². The van der Waals surface area contributed by atoms with E-state index in [-0.39, 0.29) is 29.3 Å². The molecular formula is C36H60O7. The lowest BCUT2D eigenvalue weighted by Gasteiger charge is -2.61. The predicted octanol–water partition coefficient (Wildman–Crippen LogP) is 7.27. The summed E-state index contributed by atoms with van der Waals surface area (Å²) in [7, 11) is 0. The molecule has 1 N–H and O–H groups in total. The maximum absolute atomic E-state index is 13.0.